The molecule has 33 heavy (non-hydrogen) atoms. The minimum absolute atomic E-state index is 0.0455. The first-order valence-corrected chi connectivity index (χ1v) is 11.8. The van der Waals surface area contributed by atoms with Gasteiger partial charge in [-0.05, 0) is 44.7 Å². The van der Waals surface area contributed by atoms with Gasteiger partial charge in [0.25, 0.3) is 5.56 Å². The molecule has 1 aliphatic carbocycles. The predicted molar refractivity (Wildman–Crippen MR) is 131 cm³/mol. The standard InChI is InChI=1S/C22H38N8O3/c1-13(2)10-26-17(31)4-3-9-24-20(32)14-5-7-15(8-6-14)25-11-16-12-27-19-18(28-16)21(33)30-22(23)29-19/h5,7,12-17,20,24-26,28,31-32H,3-4,6,8-11H2,1-2H3,(H3,23,29,30,33)/t14?,15-,16?,17+,20+/m1/s1. The number of aromatic amines is 1. The third-order valence-corrected chi connectivity index (χ3v) is 5.80. The van der Waals surface area contributed by atoms with Crippen LogP contribution in [-0.2, 0) is 0 Å². The number of aromatic nitrogens is 2. The summed E-state index contributed by atoms with van der Waals surface area (Å²) in [6.07, 6.45) is 7.95. The number of hydrogen-bond donors (Lipinski definition) is 8. The monoisotopic (exact) mass is 462 g/mol. The van der Waals surface area contributed by atoms with Crippen LogP contribution in [0.15, 0.2) is 21.9 Å². The zero-order chi connectivity index (χ0) is 23.8. The van der Waals surface area contributed by atoms with E-state index in [1.165, 1.54) is 0 Å². The fraction of sp³-hybridized carbons (Fsp3) is 0.682. The molecule has 11 heteroatoms. The highest BCUT2D eigenvalue weighted by Crippen LogP contribution is 2.23. The van der Waals surface area contributed by atoms with E-state index < -0.39 is 12.5 Å². The van der Waals surface area contributed by atoms with Crippen LogP contribution in [0.1, 0.15) is 39.5 Å². The van der Waals surface area contributed by atoms with Crippen molar-refractivity contribution in [1.29, 1.82) is 0 Å². The molecule has 0 fully saturated rings. The molecule has 1 aromatic heterocycles. The van der Waals surface area contributed by atoms with E-state index in [0.29, 0.717) is 36.9 Å². The van der Waals surface area contributed by atoms with Crippen molar-refractivity contribution in [3.8, 4) is 0 Å². The summed E-state index contributed by atoms with van der Waals surface area (Å²) in [6.45, 7) is 6.25. The Kier molecular flexibility index (Phi) is 9.39. The maximum absolute atomic E-state index is 12.0. The van der Waals surface area contributed by atoms with Gasteiger partial charge in [-0.1, -0.05) is 26.0 Å². The number of aliphatic hydroxyl groups is 2. The molecule has 11 nitrogen and oxygen atoms in total. The van der Waals surface area contributed by atoms with Gasteiger partial charge in [0.2, 0.25) is 5.95 Å². The second-order valence-corrected chi connectivity index (χ2v) is 9.18. The lowest BCUT2D eigenvalue weighted by Crippen LogP contribution is -2.43. The molecular weight excluding hydrogens is 424 g/mol. The summed E-state index contributed by atoms with van der Waals surface area (Å²) < 4.78 is 0. The molecule has 184 valence electrons. The van der Waals surface area contributed by atoms with Crippen molar-refractivity contribution in [2.75, 3.05) is 30.7 Å². The van der Waals surface area contributed by atoms with Crippen LogP contribution < -0.4 is 32.6 Å². The molecule has 9 N–H and O–H groups in total. The molecule has 0 saturated carbocycles. The highest BCUT2D eigenvalue weighted by atomic mass is 16.3. The molecular formula is C22H38N8O3. The van der Waals surface area contributed by atoms with Gasteiger partial charge in [-0.3, -0.25) is 20.4 Å². The van der Waals surface area contributed by atoms with Gasteiger partial charge in [-0.25, -0.2) is 4.99 Å². The third kappa shape index (κ3) is 7.90. The van der Waals surface area contributed by atoms with Crippen LogP contribution in [0.5, 0.6) is 0 Å². The first-order chi connectivity index (χ1) is 15.8. The van der Waals surface area contributed by atoms with Gasteiger partial charge in [0.1, 0.15) is 18.1 Å². The molecule has 2 aliphatic rings. The smallest absolute Gasteiger partial charge is 0.277 e. The Hall–Kier alpha value is -2.31. The zero-order valence-corrected chi connectivity index (χ0v) is 19.4. The quantitative estimate of drug-likeness (QED) is 0.121. The summed E-state index contributed by atoms with van der Waals surface area (Å²) >= 11 is 0. The highest BCUT2D eigenvalue weighted by Gasteiger charge is 2.23. The van der Waals surface area contributed by atoms with Crippen molar-refractivity contribution in [1.82, 2.24) is 25.9 Å². The maximum Gasteiger partial charge on any atom is 0.277 e. The number of hydrogen-bond acceptors (Lipinski definition) is 10. The Morgan fingerprint density at radius 2 is 2.06 bits per heavy atom. The summed E-state index contributed by atoms with van der Waals surface area (Å²) in [4.78, 5) is 22.8. The van der Waals surface area contributed by atoms with Crippen molar-refractivity contribution in [3.05, 3.63) is 22.5 Å². The second-order valence-electron chi connectivity index (χ2n) is 9.18. The van der Waals surface area contributed by atoms with Crippen LogP contribution in [0.25, 0.3) is 0 Å². The molecule has 0 bridgehead atoms. The molecule has 0 saturated heterocycles. The van der Waals surface area contributed by atoms with Gasteiger partial charge in [-0.15, -0.1) is 0 Å². The van der Waals surface area contributed by atoms with E-state index in [1.807, 2.05) is 6.08 Å². The molecule has 0 radical (unpaired) electrons. The molecule has 0 amide bonds. The number of nitrogen functional groups attached to an aromatic ring is 1. The lowest BCUT2D eigenvalue weighted by molar-refractivity contribution is 0.0816. The molecule has 1 aliphatic heterocycles. The van der Waals surface area contributed by atoms with E-state index in [-0.39, 0.29) is 29.5 Å². The number of H-pyrrole nitrogens is 1. The van der Waals surface area contributed by atoms with Gasteiger partial charge in [0.15, 0.2) is 5.82 Å². The van der Waals surface area contributed by atoms with Gasteiger partial charge in [0.05, 0.1) is 6.04 Å². The summed E-state index contributed by atoms with van der Waals surface area (Å²) in [5.41, 5.74) is 5.55. The molecule has 2 unspecified atom stereocenters. The number of nitrogens with two attached hydrogens (primary N) is 1. The first kappa shape index (κ1) is 25.3. The number of anilines is 2. The van der Waals surface area contributed by atoms with Crippen LogP contribution in [-0.4, -0.2) is 70.6 Å². The lowest BCUT2D eigenvalue weighted by atomic mass is 9.91. The number of aliphatic hydroxyl groups excluding tert-OH is 2. The Balaban J connectivity index is 1.34. The average molecular weight is 463 g/mol. The SMILES string of the molecule is CC(C)CN[C@@H](O)CCCN[C@@H](O)C1C=C[C@@H](NCC2C=Nc3nc(N)[nH]c(=O)c3N2)CC1. The number of nitrogens with one attached hydrogen (secondary N) is 5. The average Bonchev–Trinajstić information content (AvgIpc) is 2.79. The van der Waals surface area contributed by atoms with E-state index >= 15 is 0 Å². The van der Waals surface area contributed by atoms with E-state index in [4.69, 9.17) is 5.73 Å². The van der Waals surface area contributed by atoms with Crippen LogP contribution in [0, 0.1) is 11.8 Å². The van der Waals surface area contributed by atoms with Crippen LogP contribution in [0.3, 0.4) is 0 Å². The van der Waals surface area contributed by atoms with E-state index in [0.717, 1.165) is 25.8 Å². The number of fused-ring (bicyclic) bond motifs is 1. The summed E-state index contributed by atoms with van der Waals surface area (Å²) in [7, 11) is 0. The van der Waals surface area contributed by atoms with Crippen molar-refractivity contribution in [2.45, 2.75) is 64.1 Å². The van der Waals surface area contributed by atoms with Gasteiger partial charge in [-0.2, -0.15) is 4.98 Å². The summed E-state index contributed by atoms with van der Waals surface area (Å²) in [6, 6.07) is 0.0582. The number of aliphatic imine (C=N–C) groups is 1. The van der Waals surface area contributed by atoms with Gasteiger partial charge in [0, 0.05) is 24.7 Å². The number of rotatable bonds is 12. The number of nitrogens with zero attached hydrogens (tertiary/aromatic N) is 2. The lowest BCUT2D eigenvalue weighted by Gasteiger charge is -2.29. The Bertz CT molecular complexity index is 872. The largest absolute Gasteiger partial charge is 0.379 e. The molecule has 3 rings (SSSR count). The van der Waals surface area contributed by atoms with Crippen LogP contribution in [0.2, 0.25) is 0 Å². The van der Waals surface area contributed by atoms with E-state index in [9.17, 15) is 15.0 Å². The molecule has 0 spiro atoms. The Morgan fingerprint density at radius 3 is 2.79 bits per heavy atom. The highest BCUT2D eigenvalue weighted by molar-refractivity contribution is 5.81. The predicted octanol–water partition coefficient (Wildman–Crippen LogP) is 0.0251. The Morgan fingerprint density at radius 1 is 1.24 bits per heavy atom. The summed E-state index contributed by atoms with van der Waals surface area (Å²) in [5, 5.41) is 33.2. The van der Waals surface area contributed by atoms with Gasteiger partial charge < -0.3 is 26.6 Å². The van der Waals surface area contributed by atoms with Crippen molar-refractivity contribution < 1.29 is 10.2 Å². The third-order valence-electron chi connectivity index (χ3n) is 5.80. The van der Waals surface area contributed by atoms with Gasteiger partial charge >= 0.3 is 0 Å². The van der Waals surface area contributed by atoms with Crippen molar-refractivity contribution >= 4 is 23.7 Å². The topological polar surface area (TPSA) is 173 Å². The zero-order valence-electron chi connectivity index (χ0n) is 19.4. The van der Waals surface area contributed by atoms with Crippen molar-refractivity contribution in [2.24, 2.45) is 16.8 Å². The minimum Gasteiger partial charge on any atom is -0.379 e. The normalized spacial score (nSPS) is 23.8. The molecule has 1 aromatic rings. The molecule has 5 atom stereocenters. The maximum atomic E-state index is 12.0. The van der Waals surface area contributed by atoms with Crippen LogP contribution in [0.4, 0.5) is 17.5 Å². The molecule has 2 heterocycles. The minimum atomic E-state index is -0.599. The van der Waals surface area contributed by atoms with Crippen LogP contribution >= 0.6 is 0 Å². The fourth-order valence-electron chi connectivity index (χ4n) is 3.91. The molecule has 0 aromatic carbocycles. The Labute approximate surface area is 194 Å². The summed E-state index contributed by atoms with van der Waals surface area (Å²) in [5.74, 6) is 0.907. The fourth-order valence-corrected chi connectivity index (χ4v) is 3.91. The van der Waals surface area contributed by atoms with E-state index in [1.54, 1.807) is 6.21 Å². The van der Waals surface area contributed by atoms with E-state index in [2.05, 4.69) is 56.2 Å². The first-order valence-electron chi connectivity index (χ1n) is 11.8. The second kappa shape index (κ2) is 12.2. The van der Waals surface area contributed by atoms with Crippen molar-refractivity contribution in [3.63, 3.8) is 0 Å².